The molecule has 3 aromatic rings. The molecule has 2 aromatic heterocycles. The van der Waals surface area contributed by atoms with Crippen LogP contribution in [0.1, 0.15) is 93.4 Å². The van der Waals surface area contributed by atoms with Crippen LogP contribution < -0.4 is 5.56 Å². The number of hydrogen-bond acceptors (Lipinski definition) is 6. The van der Waals surface area contributed by atoms with Crippen molar-refractivity contribution in [2.75, 3.05) is 13.2 Å². The summed E-state index contributed by atoms with van der Waals surface area (Å²) in [7, 11) is 0. The molecule has 8 nitrogen and oxygen atoms in total. The average molecular weight is 493 g/mol. The summed E-state index contributed by atoms with van der Waals surface area (Å²) in [4.78, 5) is 18.9. The van der Waals surface area contributed by atoms with Gasteiger partial charge in [-0.25, -0.2) is 4.68 Å². The van der Waals surface area contributed by atoms with Gasteiger partial charge in [-0.15, -0.1) is 5.10 Å². The summed E-state index contributed by atoms with van der Waals surface area (Å²) < 4.78 is 8.14. The fourth-order valence-electron chi connectivity index (χ4n) is 6.10. The first-order chi connectivity index (χ1) is 17.4. The number of aromatic amines is 1. The number of nitrogens with zero attached hydrogens (tertiary/aromatic N) is 5. The smallest absolute Gasteiger partial charge is 0.252 e. The van der Waals surface area contributed by atoms with Crippen molar-refractivity contribution >= 4 is 10.9 Å². The molecule has 2 fully saturated rings. The second-order valence-electron chi connectivity index (χ2n) is 11.1. The van der Waals surface area contributed by atoms with E-state index in [0.717, 1.165) is 66.7 Å². The molecule has 0 bridgehead atoms. The van der Waals surface area contributed by atoms with Crippen LogP contribution in [0.2, 0.25) is 0 Å². The molecule has 0 unspecified atom stereocenters. The summed E-state index contributed by atoms with van der Waals surface area (Å²) in [5.41, 5.74) is 3.98. The normalized spacial score (nSPS) is 20.1. The molecule has 2 atom stereocenters. The summed E-state index contributed by atoms with van der Waals surface area (Å²) in [5.74, 6) is 1.18. The van der Waals surface area contributed by atoms with Crippen molar-refractivity contribution in [3.8, 4) is 0 Å². The van der Waals surface area contributed by atoms with Crippen LogP contribution in [0.3, 0.4) is 0 Å². The third-order valence-corrected chi connectivity index (χ3v) is 8.19. The van der Waals surface area contributed by atoms with Gasteiger partial charge in [0.05, 0.1) is 23.7 Å². The molecule has 8 heteroatoms. The molecule has 5 rings (SSSR count). The van der Waals surface area contributed by atoms with Crippen molar-refractivity contribution in [2.24, 2.45) is 5.92 Å². The van der Waals surface area contributed by atoms with Gasteiger partial charge in [0.15, 0.2) is 5.82 Å². The van der Waals surface area contributed by atoms with Crippen LogP contribution in [-0.2, 0) is 11.3 Å². The number of aromatic nitrogens is 5. The molecule has 2 aliphatic rings. The van der Waals surface area contributed by atoms with E-state index in [9.17, 15) is 4.79 Å². The molecule has 0 spiro atoms. The summed E-state index contributed by atoms with van der Waals surface area (Å²) in [5, 5.41) is 14.3. The highest BCUT2D eigenvalue weighted by atomic mass is 16.5. The maximum atomic E-state index is 13.3. The third-order valence-electron chi connectivity index (χ3n) is 8.19. The minimum Gasteiger partial charge on any atom is -0.377 e. The van der Waals surface area contributed by atoms with E-state index in [4.69, 9.17) is 4.74 Å². The number of hydrogen-bond donors (Lipinski definition) is 1. The molecule has 194 valence electrons. The summed E-state index contributed by atoms with van der Waals surface area (Å²) >= 11 is 0. The van der Waals surface area contributed by atoms with Crippen LogP contribution in [-0.4, -0.2) is 49.3 Å². The van der Waals surface area contributed by atoms with Crippen molar-refractivity contribution in [3.63, 3.8) is 0 Å². The standard InChI is InChI=1S/C28H40N6O2/c1-18(2)26(27-30-31-32-34(27)23-9-6-5-7-10-23)33(17-24-11-8-14-36-24)16-22-15-21-13-12-19(3)20(4)25(21)29-28(22)35/h12-13,15,18,23-24,26H,5-11,14,16-17H2,1-4H3,(H,29,35)/t24-,26-/m1/s1. The van der Waals surface area contributed by atoms with E-state index in [2.05, 4.69) is 76.0 Å². The van der Waals surface area contributed by atoms with Gasteiger partial charge in [0, 0.05) is 25.3 Å². The van der Waals surface area contributed by atoms with E-state index in [-0.39, 0.29) is 23.6 Å². The first-order valence-corrected chi connectivity index (χ1v) is 13.7. The molecule has 1 saturated heterocycles. The zero-order valence-electron chi connectivity index (χ0n) is 22.2. The van der Waals surface area contributed by atoms with E-state index in [1.807, 2.05) is 0 Å². The van der Waals surface area contributed by atoms with E-state index < -0.39 is 0 Å². The number of H-pyrrole nitrogens is 1. The number of fused-ring (bicyclic) bond motifs is 1. The Morgan fingerprint density at radius 2 is 1.94 bits per heavy atom. The van der Waals surface area contributed by atoms with Crippen molar-refractivity contribution in [1.29, 1.82) is 0 Å². The maximum Gasteiger partial charge on any atom is 0.252 e. The van der Waals surface area contributed by atoms with Crippen molar-refractivity contribution < 1.29 is 4.74 Å². The number of nitrogens with one attached hydrogen (secondary N) is 1. The maximum absolute atomic E-state index is 13.3. The number of ether oxygens (including phenoxy) is 1. The van der Waals surface area contributed by atoms with E-state index >= 15 is 0 Å². The monoisotopic (exact) mass is 492 g/mol. The first-order valence-electron chi connectivity index (χ1n) is 13.7. The minimum atomic E-state index is -0.0251. The van der Waals surface area contributed by atoms with Gasteiger partial charge in [0.1, 0.15) is 0 Å². The Labute approximate surface area is 213 Å². The number of rotatable bonds is 8. The fraction of sp³-hybridized carbons (Fsp3) is 0.643. The zero-order valence-corrected chi connectivity index (χ0v) is 22.2. The molecule has 1 N–H and O–H groups in total. The topological polar surface area (TPSA) is 88.9 Å². The lowest BCUT2D eigenvalue weighted by Crippen LogP contribution is -2.40. The molecular formula is C28H40N6O2. The van der Waals surface area contributed by atoms with Gasteiger partial charge in [0.2, 0.25) is 0 Å². The van der Waals surface area contributed by atoms with Crippen LogP contribution in [0.4, 0.5) is 0 Å². The highest BCUT2D eigenvalue weighted by Crippen LogP contribution is 2.34. The van der Waals surface area contributed by atoms with E-state index in [0.29, 0.717) is 12.6 Å². The van der Waals surface area contributed by atoms with Crippen LogP contribution >= 0.6 is 0 Å². The Morgan fingerprint density at radius 3 is 2.67 bits per heavy atom. The van der Waals surface area contributed by atoms with Gasteiger partial charge in [-0.05, 0) is 78.5 Å². The highest BCUT2D eigenvalue weighted by Gasteiger charge is 2.34. The second-order valence-corrected chi connectivity index (χ2v) is 11.1. The minimum absolute atomic E-state index is 0.0130. The zero-order chi connectivity index (χ0) is 25.2. The lowest BCUT2D eigenvalue weighted by Gasteiger charge is -2.36. The molecule has 0 amide bonds. The van der Waals surface area contributed by atoms with Gasteiger partial charge in [-0.3, -0.25) is 9.69 Å². The molecule has 0 radical (unpaired) electrons. The number of benzene rings is 1. The van der Waals surface area contributed by atoms with E-state index in [1.165, 1.54) is 24.8 Å². The van der Waals surface area contributed by atoms with Gasteiger partial charge in [-0.1, -0.05) is 45.2 Å². The number of aryl methyl sites for hydroxylation is 2. The lowest BCUT2D eigenvalue weighted by atomic mass is 9.94. The average Bonchev–Trinajstić information content (AvgIpc) is 3.56. The summed E-state index contributed by atoms with van der Waals surface area (Å²) in [6, 6.07) is 6.63. The van der Waals surface area contributed by atoms with Crippen LogP contribution in [0.5, 0.6) is 0 Å². The van der Waals surface area contributed by atoms with Gasteiger partial charge >= 0.3 is 0 Å². The highest BCUT2D eigenvalue weighted by molar-refractivity contribution is 5.83. The Balaban J connectivity index is 1.52. The molecule has 1 aliphatic heterocycles. The van der Waals surface area contributed by atoms with Crippen molar-refractivity contribution in [2.45, 2.75) is 97.4 Å². The van der Waals surface area contributed by atoms with Gasteiger partial charge < -0.3 is 9.72 Å². The van der Waals surface area contributed by atoms with Crippen LogP contribution in [0.25, 0.3) is 10.9 Å². The summed E-state index contributed by atoms with van der Waals surface area (Å²) in [6.07, 6.45) is 8.27. The Kier molecular flexibility index (Phi) is 7.53. The lowest BCUT2D eigenvalue weighted by molar-refractivity contribution is 0.0375. The van der Waals surface area contributed by atoms with Crippen LogP contribution in [0.15, 0.2) is 23.0 Å². The Bertz CT molecular complexity index is 1240. The number of tetrazole rings is 1. The van der Waals surface area contributed by atoms with E-state index in [1.54, 1.807) is 0 Å². The van der Waals surface area contributed by atoms with Crippen molar-refractivity contribution in [1.82, 2.24) is 30.1 Å². The number of pyridine rings is 1. The van der Waals surface area contributed by atoms with Crippen molar-refractivity contribution in [3.05, 3.63) is 51.1 Å². The van der Waals surface area contributed by atoms with Crippen LogP contribution in [0, 0.1) is 19.8 Å². The largest absolute Gasteiger partial charge is 0.377 e. The predicted molar refractivity (Wildman–Crippen MR) is 141 cm³/mol. The molecule has 1 aromatic carbocycles. The molecule has 1 aliphatic carbocycles. The second kappa shape index (κ2) is 10.8. The third kappa shape index (κ3) is 5.11. The molecule has 1 saturated carbocycles. The SMILES string of the molecule is Cc1ccc2cc(CN(C[C@H]3CCCO3)[C@@H](c3nnnn3C3CCCCC3)C(C)C)c(=O)[nH]c2c1C. The molecular weight excluding hydrogens is 452 g/mol. The van der Waals surface area contributed by atoms with Gasteiger partial charge in [-0.2, -0.15) is 0 Å². The summed E-state index contributed by atoms with van der Waals surface area (Å²) in [6.45, 7) is 10.7. The Morgan fingerprint density at radius 1 is 1.14 bits per heavy atom. The quantitative estimate of drug-likeness (QED) is 0.475. The first kappa shape index (κ1) is 25.1. The fourth-order valence-corrected chi connectivity index (χ4v) is 6.10. The molecule has 3 heterocycles. The predicted octanol–water partition coefficient (Wildman–Crippen LogP) is 5.01. The van der Waals surface area contributed by atoms with Gasteiger partial charge in [0.25, 0.3) is 5.56 Å². The molecule has 36 heavy (non-hydrogen) atoms. The Hall–Kier alpha value is -2.58.